The van der Waals surface area contributed by atoms with E-state index in [0.717, 1.165) is 6.08 Å². The zero-order valence-corrected chi connectivity index (χ0v) is 10.4. The first kappa shape index (κ1) is 14.3. The van der Waals surface area contributed by atoms with E-state index < -0.39 is 16.0 Å². The predicted molar refractivity (Wildman–Crippen MR) is 66.5 cm³/mol. The molecule has 0 aromatic carbocycles. The van der Waals surface area contributed by atoms with Gasteiger partial charge in [-0.2, -0.15) is 0 Å². The SMILES string of the molecule is O=C(O)/C=C/CNS(=O)(=O)CCc1ccccn1. The van der Waals surface area contributed by atoms with Crippen molar-refractivity contribution in [1.29, 1.82) is 0 Å². The molecule has 1 aromatic rings. The van der Waals surface area contributed by atoms with E-state index in [1.165, 1.54) is 6.08 Å². The van der Waals surface area contributed by atoms with Crippen LogP contribution in [0.5, 0.6) is 0 Å². The first-order valence-electron chi connectivity index (χ1n) is 5.26. The van der Waals surface area contributed by atoms with Crippen LogP contribution in [0.2, 0.25) is 0 Å². The maximum atomic E-state index is 11.5. The highest BCUT2D eigenvalue weighted by Crippen LogP contribution is 1.97. The molecule has 7 heteroatoms. The van der Waals surface area contributed by atoms with Gasteiger partial charge in [-0.3, -0.25) is 4.98 Å². The summed E-state index contributed by atoms with van der Waals surface area (Å²) in [4.78, 5) is 14.2. The van der Waals surface area contributed by atoms with Gasteiger partial charge in [-0.1, -0.05) is 12.1 Å². The van der Waals surface area contributed by atoms with Gasteiger partial charge in [0.1, 0.15) is 0 Å². The lowest BCUT2D eigenvalue weighted by atomic mass is 10.3. The number of rotatable bonds is 7. The number of carboxylic acids is 1. The number of nitrogens with one attached hydrogen (secondary N) is 1. The molecule has 0 fully saturated rings. The third-order valence-electron chi connectivity index (χ3n) is 2.03. The van der Waals surface area contributed by atoms with Gasteiger partial charge in [0, 0.05) is 30.9 Å². The molecule has 0 saturated heterocycles. The summed E-state index contributed by atoms with van der Waals surface area (Å²) >= 11 is 0. The van der Waals surface area contributed by atoms with Gasteiger partial charge < -0.3 is 5.11 Å². The van der Waals surface area contributed by atoms with Crippen LogP contribution in [0.25, 0.3) is 0 Å². The number of aryl methyl sites for hydroxylation is 1. The van der Waals surface area contributed by atoms with Gasteiger partial charge in [-0.25, -0.2) is 17.9 Å². The monoisotopic (exact) mass is 270 g/mol. The molecule has 0 aliphatic heterocycles. The number of nitrogens with zero attached hydrogens (tertiary/aromatic N) is 1. The molecule has 0 bridgehead atoms. The molecule has 98 valence electrons. The van der Waals surface area contributed by atoms with Crippen LogP contribution in [0.4, 0.5) is 0 Å². The summed E-state index contributed by atoms with van der Waals surface area (Å²) < 4.78 is 25.3. The van der Waals surface area contributed by atoms with Crippen LogP contribution in [0.15, 0.2) is 36.5 Å². The minimum absolute atomic E-state index is 0.0309. The van der Waals surface area contributed by atoms with Crippen LogP contribution < -0.4 is 4.72 Å². The zero-order valence-electron chi connectivity index (χ0n) is 9.61. The van der Waals surface area contributed by atoms with Gasteiger partial charge in [0.25, 0.3) is 0 Å². The van der Waals surface area contributed by atoms with Crippen molar-refractivity contribution in [2.75, 3.05) is 12.3 Å². The van der Waals surface area contributed by atoms with Crippen molar-refractivity contribution >= 4 is 16.0 Å². The van der Waals surface area contributed by atoms with Crippen molar-refractivity contribution in [3.05, 3.63) is 42.2 Å². The normalized spacial score (nSPS) is 11.8. The lowest BCUT2D eigenvalue weighted by Crippen LogP contribution is -2.27. The molecule has 0 aliphatic rings. The minimum Gasteiger partial charge on any atom is -0.478 e. The zero-order chi connectivity index (χ0) is 13.4. The van der Waals surface area contributed by atoms with E-state index in [4.69, 9.17) is 5.11 Å². The quantitative estimate of drug-likeness (QED) is 0.689. The summed E-state index contributed by atoms with van der Waals surface area (Å²) in [5.41, 5.74) is 0.698. The molecule has 0 radical (unpaired) electrons. The van der Waals surface area contributed by atoms with Crippen LogP contribution in [-0.2, 0) is 21.2 Å². The molecule has 1 aromatic heterocycles. The fourth-order valence-electron chi connectivity index (χ4n) is 1.19. The maximum Gasteiger partial charge on any atom is 0.328 e. The summed E-state index contributed by atoms with van der Waals surface area (Å²) in [6.07, 6.45) is 4.05. The molecule has 0 aliphatic carbocycles. The van der Waals surface area contributed by atoms with E-state index in [1.807, 2.05) is 0 Å². The molecule has 18 heavy (non-hydrogen) atoms. The highest BCUT2D eigenvalue weighted by molar-refractivity contribution is 7.89. The van der Waals surface area contributed by atoms with Gasteiger partial charge in [0.15, 0.2) is 0 Å². The second-order valence-corrected chi connectivity index (χ2v) is 5.41. The van der Waals surface area contributed by atoms with Crippen molar-refractivity contribution in [3.63, 3.8) is 0 Å². The van der Waals surface area contributed by atoms with Gasteiger partial charge in [0.05, 0.1) is 5.75 Å². The molecule has 1 heterocycles. The van der Waals surface area contributed by atoms with Crippen molar-refractivity contribution in [2.45, 2.75) is 6.42 Å². The fraction of sp³-hybridized carbons (Fsp3) is 0.273. The Balaban J connectivity index is 2.39. The molecule has 6 nitrogen and oxygen atoms in total. The predicted octanol–water partition coefficient (Wildman–Crippen LogP) is 0.184. The number of hydrogen-bond acceptors (Lipinski definition) is 4. The molecule has 2 N–H and O–H groups in total. The third-order valence-corrected chi connectivity index (χ3v) is 3.38. The Morgan fingerprint density at radius 2 is 2.22 bits per heavy atom. The largest absolute Gasteiger partial charge is 0.478 e. The Morgan fingerprint density at radius 1 is 1.44 bits per heavy atom. The average molecular weight is 270 g/mol. The first-order valence-corrected chi connectivity index (χ1v) is 6.91. The Morgan fingerprint density at radius 3 is 2.83 bits per heavy atom. The molecule has 0 atom stereocenters. The molecular formula is C11H14N2O4S. The number of sulfonamides is 1. The number of carbonyl (C=O) groups is 1. The van der Waals surface area contributed by atoms with Crippen molar-refractivity contribution in [1.82, 2.24) is 9.71 Å². The van der Waals surface area contributed by atoms with E-state index in [-0.39, 0.29) is 12.3 Å². The molecule has 1 rings (SSSR count). The smallest absolute Gasteiger partial charge is 0.328 e. The Bertz CT molecular complexity index is 511. The number of carboxylic acid groups (broad SMARTS) is 1. The number of pyridine rings is 1. The standard InChI is InChI=1S/C11H14N2O4S/c14-11(15)5-3-8-13-18(16,17)9-6-10-4-1-2-7-12-10/h1-5,7,13H,6,8-9H2,(H,14,15)/b5-3+. The van der Waals surface area contributed by atoms with Crippen molar-refractivity contribution < 1.29 is 18.3 Å². The maximum absolute atomic E-state index is 11.5. The molecule has 0 amide bonds. The Kier molecular flexibility index (Phi) is 5.47. The van der Waals surface area contributed by atoms with E-state index >= 15 is 0 Å². The lowest BCUT2D eigenvalue weighted by Gasteiger charge is -2.03. The van der Waals surface area contributed by atoms with Crippen LogP contribution >= 0.6 is 0 Å². The fourth-order valence-corrected chi connectivity index (χ4v) is 2.16. The van der Waals surface area contributed by atoms with E-state index in [1.54, 1.807) is 24.4 Å². The number of aromatic nitrogens is 1. The van der Waals surface area contributed by atoms with Crippen LogP contribution in [0, 0.1) is 0 Å². The molecule has 0 spiro atoms. The van der Waals surface area contributed by atoms with Gasteiger partial charge in [0.2, 0.25) is 10.0 Å². The molecule has 0 saturated carbocycles. The molecular weight excluding hydrogens is 256 g/mol. The molecule has 0 unspecified atom stereocenters. The van der Waals surface area contributed by atoms with Crippen LogP contribution in [0.1, 0.15) is 5.69 Å². The second-order valence-electron chi connectivity index (χ2n) is 3.48. The van der Waals surface area contributed by atoms with Crippen LogP contribution in [-0.4, -0.2) is 36.8 Å². The number of aliphatic carboxylic acids is 1. The lowest BCUT2D eigenvalue weighted by molar-refractivity contribution is -0.131. The highest BCUT2D eigenvalue weighted by Gasteiger charge is 2.09. The highest BCUT2D eigenvalue weighted by atomic mass is 32.2. The average Bonchev–Trinajstić information content (AvgIpc) is 2.34. The summed E-state index contributed by atoms with van der Waals surface area (Å²) in [7, 11) is -3.41. The summed E-state index contributed by atoms with van der Waals surface area (Å²) in [5, 5.41) is 8.32. The van der Waals surface area contributed by atoms with E-state index in [0.29, 0.717) is 12.1 Å². The minimum atomic E-state index is -3.41. The van der Waals surface area contributed by atoms with E-state index in [2.05, 4.69) is 9.71 Å². The van der Waals surface area contributed by atoms with Gasteiger partial charge in [-0.15, -0.1) is 0 Å². The van der Waals surface area contributed by atoms with Gasteiger partial charge in [-0.05, 0) is 12.1 Å². The third kappa shape index (κ3) is 6.12. The van der Waals surface area contributed by atoms with Crippen LogP contribution in [0.3, 0.4) is 0 Å². The van der Waals surface area contributed by atoms with E-state index in [9.17, 15) is 13.2 Å². The number of hydrogen-bond donors (Lipinski definition) is 2. The second kappa shape index (κ2) is 6.87. The Labute approximate surface area is 105 Å². The summed E-state index contributed by atoms with van der Waals surface area (Å²) in [6, 6.07) is 5.30. The van der Waals surface area contributed by atoms with Crippen molar-refractivity contribution in [2.24, 2.45) is 0 Å². The van der Waals surface area contributed by atoms with Gasteiger partial charge >= 0.3 is 5.97 Å². The topological polar surface area (TPSA) is 96.4 Å². The first-order chi connectivity index (χ1) is 8.49. The van der Waals surface area contributed by atoms with Crippen molar-refractivity contribution in [3.8, 4) is 0 Å². The summed E-state index contributed by atoms with van der Waals surface area (Å²) in [6.45, 7) is -0.0309. The Hall–Kier alpha value is -1.73. The summed E-state index contributed by atoms with van der Waals surface area (Å²) in [5.74, 6) is -1.19.